The van der Waals surface area contributed by atoms with Crippen molar-refractivity contribution in [2.24, 2.45) is 0 Å². The number of hydrogen-bond acceptors (Lipinski definition) is 2. The summed E-state index contributed by atoms with van der Waals surface area (Å²) in [4.78, 5) is 5.25. The van der Waals surface area contributed by atoms with Crippen molar-refractivity contribution in [3.05, 3.63) is 182 Å². The second kappa shape index (κ2) is 11.5. The smallest absolute Gasteiger partial charge is 0.135 e. The fraction of sp³-hybridized carbons (Fsp3) is 0. The zero-order valence-electron chi connectivity index (χ0n) is 27.1. The van der Waals surface area contributed by atoms with Gasteiger partial charge in [-0.3, -0.25) is 0 Å². The fourth-order valence-corrected chi connectivity index (χ4v) is 7.39. The number of hydrogen-bond donors (Lipinski definition) is 0. The van der Waals surface area contributed by atoms with Gasteiger partial charge in [0.2, 0.25) is 0 Å². The molecule has 0 atom stereocenters. The van der Waals surface area contributed by atoms with Crippen LogP contribution in [0.25, 0.3) is 94.2 Å². The van der Waals surface area contributed by atoms with Crippen LogP contribution in [0, 0.1) is 0 Å². The topological polar surface area (TPSA) is 31.0 Å². The first-order valence-corrected chi connectivity index (χ1v) is 17.0. The predicted octanol–water partition coefficient (Wildman–Crippen LogP) is 12.7. The number of rotatable bonds is 5. The molecule has 0 saturated heterocycles. The molecule has 0 spiro atoms. The summed E-state index contributed by atoms with van der Waals surface area (Å²) < 4.78 is 8.72. The summed E-state index contributed by atoms with van der Waals surface area (Å²) in [7, 11) is 0. The minimum atomic E-state index is 0.863. The number of aromatic nitrogens is 2. The Labute approximate surface area is 289 Å². The highest BCUT2D eigenvalue weighted by Crippen LogP contribution is 2.38. The van der Waals surface area contributed by atoms with E-state index in [0.29, 0.717) is 0 Å². The molecule has 0 saturated carbocycles. The molecule has 0 fully saturated rings. The van der Waals surface area contributed by atoms with Crippen molar-refractivity contribution in [3.63, 3.8) is 0 Å². The zero-order valence-corrected chi connectivity index (χ0v) is 27.1. The normalized spacial score (nSPS) is 11.6. The minimum Gasteiger partial charge on any atom is -0.456 e. The van der Waals surface area contributed by atoms with Crippen LogP contribution in [-0.4, -0.2) is 9.55 Å². The summed E-state index contributed by atoms with van der Waals surface area (Å²) >= 11 is 0. The summed E-state index contributed by atoms with van der Waals surface area (Å²) in [6.07, 6.45) is 0. The minimum absolute atomic E-state index is 0.863. The number of furan rings is 1. The standard InChI is InChI=1S/C47H30N2O/c1-3-12-31(13-4-1)34-26-35(32-14-5-2-6-15-32)28-36(27-34)43-19-11-18-42(48-43)33-22-24-46-40(29-33)41-30-37(23-25-47(41)50-46)49-44-20-9-7-16-38(44)39-17-8-10-21-45(39)49/h1-30H. The first-order chi connectivity index (χ1) is 24.8. The molecule has 10 rings (SSSR count). The Morgan fingerprint density at radius 1 is 0.340 bits per heavy atom. The number of benzene rings is 7. The van der Waals surface area contributed by atoms with Gasteiger partial charge in [-0.1, -0.05) is 103 Å². The summed E-state index contributed by atoms with van der Waals surface area (Å²) in [6, 6.07) is 64.3. The van der Waals surface area contributed by atoms with E-state index in [1.165, 1.54) is 44.1 Å². The van der Waals surface area contributed by atoms with Crippen LogP contribution in [0.3, 0.4) is 0 Å². The third kappa shape index (κ3) is 4.71. The first-order valence-electron chi connectivity index (χ1n) is 17.0. The third-order valence-electron chi connectivity index (χ3n) is 9.78. The molecule has 3 nitrogen and oxygen atoms in total. The maximum absolute atomic E-state index is 6.36. The Morgan fingerprint density at radius 3 is 1.50 bits per heavy atom. The second-order valence-electron chi connectivity index (χ2n) is 12.8. The van der Waals surface area contributed by atoms with Crippen LogP contribution in [0.4, 0.5) is 0 Å². The monoisotopic (exact) mass is 638 g/mol. The van der Waals surface area contributed by atoms with E-state index in [0.717, 1.165) is 50.1 Å². The van der Waals surface area contributed by atoms with Gasteiger partial charge in [-0.25, -0.2) is 4.98 Å². The Hall–Kier alpha value is -6.71. The molecule has 0 bridgehead atoms. The average Bonchev–Trinajstić information content (AvgIpc) is 3.73. The van der Waals surface area contributed by atoms with Crippen molar-refractivity contribution in [3.8, 4) is 50.5 Å². The van der Waals surface area contributed by atoms with Crippen molar-refractivity contribution in [1.82, 2.24) is 9.55 Å². The lowest BCUT2D eigenvalue weighted by Crippen LogP contribution is -1.93. The van der Waals surface area contributed by atoms with E-state index in [9.17, 15) is 0 Å². The molecule has 234 valence electrons. The van der Waals surface area contributed by atoms with Crippen LogP contribution >= 0.6 is 0 Å². The maximum Gasteiger partial charge on any atom is 0.135 e. The average molecular weight is 639 g/mol. The van der Waals surface area contributed by atoms with Gasteiger partial charge in [0.05, 0.1) is 22.4 Å². The number of fused-ring (bicyclic) bond motifs is 6. The van der Waals surface area contributed by atoms with E-state index in [4.69, 9.17) is 9.40 Å². The highest BCUT2D eigenvalue weighted by Gasteiger charge is 2.15. The van der Waals surface area contributed by atoms with Gasteiger partial charge < -0.3 is 8.98 Å². The molecule has 50 heavy (non-hydrogen) atoms. The van der Waals surface area contributed by atoms with Gasteiger partial charge in [-0.2, -0.15) is 0 Å². The van der Waals surface area contributed by atoms with E-state index in [1.54, 1.807) is 0 Å². The lowest BCUT2D eigenvalue weighted by atomic mass is 9.94. The van der Waals surface area contributed by atoms with E-state index in [2.05, 4.69) is 187 Å². The van der Waals surface area contributed by atoms with E-state index >= 15 is 0 Å². The SMILES string of the molecule is c1ccc(-c2cc(-c3ccccc3)cc(-c3cccc(-c4ccc5oc6ccc(-n7c8ccccc8c8ccccc87)cc6c5c4)n3)c2)cc1. The molecule has 0 N–H and O–H groups in total. The fourth-order valence-electron chi connectivity index (χ4n) is 7.39. The number of nitrogens with zero attached hydrogens (tertiary/aromatic N) is 2. The predicted molar refractivity (Wildman–Crippen MR) is 208 cm³/mol. The van der Waals surface area contributed by atoms with Crippen LogP contribution in [0.1, 0.15) is 0 Å². The summed E-state index contributed by atoms with van der Waals surface area (Å²) in [6.45, 7) is 0. The molecule has 0 amide bonds. The van der Waals surface area contributed by atoms with Gasteiger partial charge in [0.25, 0.3) is 0 Å². The number of para-hydroxylation sites is 2. The molecular formula is C47H30N2O. The Morgan fingerprint density at radius 2 is 0.860 bits per heavy atom. The summed E-state index contributed by atoms with van der Waals surface area (Å²) in [5, 5.41) is 4.66. The molecule has 0 radical (unpaired) electrons. The summed E-state index contributed by atoms with van der Waals surface area (Å²) in [5.74, 6) is 0. The lowest BCUT2D eigenvalue weighted by Gasteiger charge is -2.12. The lowest BCUT2D eigenvalue weighted by molar-refractivity contribution is 0.669. The van der Waals surface area contributed by atoms with Crippen molar-refractivity contribution < 1.29 is 4.42 Å². The van der Waals surface area contributed by atoms with Crippen LogP contribution in [0.5, 0.6) is 0 Å². The molecule has 0 aliphatic carbocycles. The number of pyridine rings is 1. The van der Waals surface area contributed by atoms with E-state index < -0.39 is 0 Å². The van der Waals surface area contributed by atoms with Gasteiger partial charge in [-0.05, 0) is 101 Å². The first kappa shape index (κ1) is 28.3. The van der Waals surface area contributed by atoms with Crippen LogP contribution in [0.15, 0.2) is 186 Å². The van der Waals surface area contributed by atoms with Crippen molar-refractivity contribution in [2.45, 2.75) is 0 Å². The molecule has 0 aliphatic rings. The molecule has 7 aromatic carbocycles. The van der Waals surface area contributed by atoms with Crippen LogP contribution in [0.2, 0.25) is 0 Å². The zero-order chi connectivity index (χ0) is 33.0. The molecule has 3 heteroatoms. The molecule has 0 unspecified atom stereocenters. The van der Waals surface area contributed by atoms with Crippen molar-refractivity contribution in [2.75, 3.05) is 0 Å². The van der Waals surface area contributed by atoms with Crippen molar-refractivity contribution >= 4 is 43.7 Å². The van der Waals surface area contributed by atoms with Gasteiger partial charge in [-0.15, -0.1) is 0 Å². The van der Waals surface area contributed by atoms with E-state index in [1.807, 2.05) is 0 Å². The quantitative estimate of drug-likeness (QED) is 0.188. The van der Waals surface area contributed by atoms with Crippen molar-refractivity contribution in [1.29, 1.82) is 0 Å². The van der Waals surface area contributed by atoms with E-state index in [-0.39, 0.29) is 0 Å². The highest BCUT2D eigenvalue weighted by molar-refractivity contribution is 6.11. The van der Waals surface area contributed by atoms with Gasteiger partial charge >= 0.3 is 0 Å². The largest absolute Gasteiger partial charge is 0.456 e. The molecule has 0 aliphatic heterocycles. The third-order valence-corrected chi connectivity index (χ3v) is 9.78. The van der Waals surface area contributed by atoms with Crippen LogP contribution in [-0.2, 0) is 0 Å². The molecular weight excluding hydrogens is 609 g/mol. The van der Waals surface area contributed by atoms with Gasteiger partial charge in [0.15, 0.2) is 0 Å². The highest BCUT2D eigenvalue weighted by atomic mass is 16.3. The molecule has 3 heterocycles. The van der Waals surface area contributed by atoms with Gasteiger partial charge in [0, 0.05) is 38.4 Å². The van der Waals surface area contributed by atoms with Gasteiger partial charge in [0.1, 0.15) is 11.2 Å². The molecule has 10 aromatic rings. The summed E-state index contributed by atoms with van der Waals surface area (Å²) in [5.41, 5.74) is 13.9. The maximum atomic E-state index is 6.36. The molecule has 3 aromatic heterocycles. The Bertz CT molecular complexity index is 2750. The van der Waals surface area contributed by atoms with Crippen LogP contribution < -0.4 is 0 Å². The second-order valence-corrected chi connectivity index (χ2v) is 12.8. The Balaban J connectivity index is 1.09. The Kier molecular flexibility index (Phi) is 6.49.